The third kappa shape index (κ3) is 4.14. The lowest BCUT2D eigenvalue weighted by molar-refractivity contribution is 0.102. The molecule has 3 aromatic rings. The Morgan fingerprint density at radius 3 is 2.60 bits per heavy atom. The van der Waals surface area contributed by atoms with Crippen LogP contribution in [0, 0.1) is 11.3 Å². The van der Waals surface area contributed by atoms with Crippen LogP contribution in [0.3, 0.4) is 0 Å². The van der Waals surface area contributed by atoms with Crippen molar-refractivity contribution in [3.63, 3.8) is 0 Å². The summed E-state index contributed by atoms with van der Waals surface area (Å²) in [5.74, 6) is 0.117. The van der Waals surface area contributed by atoms with Gasteiger partial charge in [0.2, 0.25) is 0 Å². The van der Waals surface area contributed by atoms with Crippen LogP contribution in [0.15, 0.2) is 60.8 Å². The van der Waals surface area contributed by atoms with Crippen LogP contribution in [0.25, 0.3) is 0 Å². The number of carbonyl (C=O) groups excluding carboxylic acids is 1. The molecule has 1 amide bonds. The molecule has 0 spiro atoms. The normalized spacial score (nSPS) is 9.88. The molecule has 0 saturated heterocycles. The first-order chi connectivity index (χ1) is 12.3. The highest BCUT2D eigenvalue weighted by Crippen LogP contribution is 2.14. The molecule has 2 heterocycles. The number of aromatic nitrogens is 3. The Morgan fingerprint density at radius 2 is 1.88 bits per heavy atom. The number of para-hydroxylation sites is 1. The van der Waals surface area contributed by atoms with Gasteiger partial charge in [0.15, 0.2) is 5.69 Å². The van der Waals surface area contributed by atoms with Gasteiger partial charge in [0.1, 0.15) is 11.9 Å². The molecule has 3 rings (SSSR count). The smallest absolute Gasteiger partial charge is 0.276 e. The molecule has 0 saturated carbocycles. The van der Waals surface area contributed by atoms with E-state index in [9.17, 15) is 4.79 Å². The molecule has 0 atom stereocenters. The molecule has 0 fully saturated rings. The number of amides is 1. The Morgan fingerprint density at radius 1 is 1.04 bits per heavy atom. The summed E-state index contributed by atoms with van der Waals surface area (Å²) in [6.07, 6.45) is 1.72. The summed E-state index contributed by atoms with van der Waals surface area (Å²) < 4.78 is 0. The van der Waals surface area contributed by atoms with Gasteiger partial charge in [0.05, 0.1) is 23.5 Å². The molecule has 0 aliphatic heterocycles. The summed E-state index contributed by atoms with van der Waals surface area (Å²) in [5, 5.41) is 22.7. The SMILES string of the molecule is N#Cc1ccccc1NC(=O)c1ccc(NCc2ccccn2)nn1. The molecule has 0 radical (unpaired) electrons. The maximum Gasteiger partial charge on any atom is 0.276 e. The van der Waals surface area contributed by atoms with Crippen molar-refractivity contribution in [1.29, 1.82) is 5.26 Å². The molecule has 2 N–H and O–H groups in total. The number of hydrogen-bond acceptors (Lipinski definition) is 6. The van der Waals surface area contributed by atoms with Crippen LogP contribution in [0.2, 0.25) is 0 Å². The fraction of sp³-hybridized carbons (Fsp3) is 0.0556. The molecular formula is C18H14N6O. The van der Waals surface area contributed by atoms with Gasteiger partial charge in [-0.05, 0) is 36.4 Å². The zero-order chi connectivity index (χ0) is 17.5. The van der Waals surface area contributed by atoms with E-state index < -0.39 is 5.91 Å². The van der Waals surface area contributed by atoms with Crippen molar-refractivity contribution in [2.45, 2.75) is 6.54 Å². The number of carbonyl (C=O) groups is 1. The molecule has 7 nitrogen and oxygen atoms in total. The maximum atomic E-state index is 12.2. The van der Waals surface area contributed by atoms with Crippen molar-refractivity contribution in [2.24, 2.45) is 0 Å². The van der Waals surface area contributed by atoms with Crippen LogP contribution < -0.4 is 10.6 Å². The third-order valence-corrected chi connectivity index (χ3v) is 3.37. The number of pyridine rings is 1. The van der Waals surface area contributed by atoms with E-state index in [1.807, 2.05) is 24.3 Å². The van der Waals surface area contributed by atoms with Crippen LogP contribution >= 0.6 is 0 Å². The van der Waals surface area contributed by atoms with Gasteiger partial charge in [0.25, 0.3) is 5.91 Å². The van der Waals surface area contributed by atoms with Crippen LogP contribution in [0.4, 0.5) is 11.5 Å². The van der Waals surface area contributed by atoms with Gasteiger partial charge in [-0.1, -0.05) is 18.2 Å². The maximum absolute atomic E-state index is 12.2. The topological polar surface area (TPSA) is 104 Å². The number of benzene rings is 1. The van der Waals surface area contributed by atoms with Gasteiger partial charge in [-0.15, -0.1) is 10.2 Å². The summed E-state index contributed by atoms with van der Waals surface area (Å²) in [6.45, 7) is 0.511. The zero-order valence-corrected chi connectivity index (χ0v) is 13.2. The van der Waals surface area contributed by atoms with Gasteiger partial charge in [-0.3, -0.25) is 9.78 Å². The molecule has 1 aromatic carbocycles. The largest absolute Gasteiger partial charge is 0.363 e. The van der Waals surface area contributed by atoms with E-state index in [-0.39, 0.29) is 5.69 Å². The molecule has 0 unspecified atom stereocenters. The Hall–Kier alpha value is -3.79. The first-order valence-corrected chi connectivity index (χ1v) is 7.54. The lowest BCUT2D eigenvalue weighted by Gasteiger charge is -2.07. The summed E-state index contributed by atoms with van der Waals surface area (Å²) >= 11 is 0. The van der Waals surface area contributed by atoms with E-state index in [0.717, 1.165) is 5.69 Å². The van der Waals surface area contributed by atoms with E-state index in [0.29, 0.717) is 23.6 Å². The highest BCUT2D eigenvalue weighted by atomic mass is 16.1. The number of anilines is 2. The average molecular weight is 330 g/mol. The quantitative estimate of drug-likeness (QED) is 0.745. The fourth-order valence-corrected chi connectivity index (χ4v) is 2.11. The zero-order valence-electron chi connectivity index (χ0n) is 13.2. The number of nitrogens with zero attached hydrogens (tertiary/aromatic N) is 4. The lowest BCUT2D eigenvalue weighted by atomic mass is 10.2. The summed E-state index contributed by atoms with van der Waals surface area (Å²) in [4.78, 5) is 16.4. The minimum absolute atomic E-state index is 0.163. The Labute approximate surface area is 144 Å². The number of nitrogens with one attached hydrogen (secondary N) is 2. The molecule has 7 heteroatoms. The van der Waals surface area contributed by atoms with E-state index in [4.69, 9.17) is 5.26 Å². The Bertz CT molecular complexity index is 903. The molecular weight excluding hydrogens is 316 g/mol. The van der Waals surface area contributed by atoms with Gasteiger partial charge in [0, 0.05) is 6.20 Å². The summed E-state index contributed by atoms with van der Waals surface area (Å²) in [6, 6.07) is 17.7. The van der Waals surface area contributed by atoms with E-state index in [1.54, 1.807) is 42.6 Å². The predicted molar refractivity (Wildman–Crippen MR) is 92.7 cm³/mol. The fourth-order valence-electron chi connectivity index (χ4n) is 2.11. The van der Waals surface area contributed by atoms with Crippen LogP contribution in [-0.4, -0.2) is 21.1 Å². The van der Waals surface area contributed by atoms with Gasteiger partial charge >= 0.3 is 0 Å². The summed E-state index contributed by atoms with van der Waals surface area (Å²) in [5.41, 5.74) is 1.86. The predicted octanol–water partition coefficient (Wildman–Crippen LogP) is 2.61. The van der Waals surface area contributed by atoms with Crippen LogP contribution in [0.5, 0.6) is 0 Å². The first-order valence-electron chi connectivity index (χ1n) is 7.54. The molecule has 0 bridgehead atoms. The second kappa shape index (κ2) is 7.66. The van der Waals surface area contributed by atoms with Gasteiger partial charge < -0.3 is 10.6 Å². The number of hydrogen-bond donors (Lipinski definition) is 2. The van der Waals surface area contributed by atoms with E-state index >= 15 is 0 Å². The van der Waals surface area contributed by atoms with Crippen molar-refractivity contribution in [1.82, 2.24) is 15.2 Å². The van der Waals surface area contributed by atoms with Crippen LogP contribution in [-0.2, 0) is 6.54 Å². The van der Waals surface area contributed by atoms with Crippen molar-refractivity contribution >= 4 is 17.4 Å². The minimum atomic E-state index is -0.425. The average Bonchev–Trinajstić information content (AvgIpc) is 2.68. The third-order valence-electron chi connectivity index (χ3n) is 3.37. The second-order valence-corrected chi connectivity index (χ2v) is 5.09. The lowest BCUT2D eigenvalue weighted by Crippen LogP contribution is -2.15. The number of rotatable bonds is 5. The van der Waals surface area contributed by atoms with Crippen LogP contribution in [0.1, 0.15) is 21.7 Å². The van der Waals surface area contributed by atoms with Crippen molar-refractivity contribution in [3.8, 4) is 6.07 Å². The van der Waals surface area contributed by atoms with Crippen molar-refractivity contribution < 1.29 is 4.79 Å². The molecule has 122 valence electrons. The first kappa shape index (κ1) is 16.1. The van der Waals surface area contributed by atoms with Crippen molar-refractivity contribution in [3.05, 3.63) is 77.7 Å². The molecule has 2 aromatic heterocycles. The highest BCUT2D eigenvalue weighted by molar-refractivity contribution is 6.03. The summed E-state index contributed by atoms with van der Waals surface area (Å²) in [7, 11) is 0. The monoisotopic (exact) mass is 330 g/mol. The standard InChI is InChI=1S/C18H14N6O/c19-11-13-5-1-2-7-15(13)22-18(25)16-8-9-17(24-23-16)21-12-14-6-3-4-10-20-14/h1-10H,12H2,(H,21,24)(H,22,25). The Kier molecular flexibility index (Phi) is 4.93. The molecule has 0 aliphatic rings. The van der Waals surface area contributed by atoms with E-state index in [2.05, 4.69) is 25.8 Å². The second-order valence-electron chi connectivity index (χ2n) is 5.09. The highest BCUT2D eigenvalue weighted by Gasteiger charge is 2.11. The van der Waals surface area contributed by atoms with Gasteiger partial charge in [-0.25, -0.2) is 0 Å². The number of nitriles is 1. The Balaban J connectivity index is 1.63. The van der Waals surface area contributed by atoms with Gasteiger partial charge in [-0.2, -0.15) is 5.26 Å². The van der Waals surface area contributed by atoms with E-state index in [1.165, 1.54) is 0 Å². The van der Waals surface area contributed by atoms with Crippen molar-refractivity contribution in [2.75, 3.05) is 10.6 Å². The molecule has 0 aliphatic carbocycles. The molecule has 25 heavy (non-hydrogen) atoms. The minimum Gasteiger partial charge on any atom is -0.363 e.